The zero-order chi connectivity index (χ0) is 21.7. The summed E-state index contributed by atoms with van der Waals surface area (Å²) in [6.07, 6.45) is 6.37. The number of primary amides is 1. The lowest BCUT2D eigenvalue weighted by Crippen LogP contribution is -2.48. The summed E-state index contributed by atoms with van der Waals surface area (Å²) in [6, 6.07) is 2.64. The van der Waals surface area contributed by atoms with Crippen molar-refractivity contribution >= 4 is 17.7 Å². The summed E-state index contributed by atoms with van der Waals surface area (Å²) >= 11 is 0. The van der Waals surface area contributed by atoms with Crippen molar-refractivity contribution in [3.63, 3.8) is 0 Å². The maximum atomic E-state index is 13.9. The summed E-state index contributed by atoms with van der Waals surface area (Å²) in [5.74, 6) is -2.67. The van der Waals surface area contributed by atoms with E-state index in [4.69, 9.17) is 5.73 Å². The lowest BCUT2D eigenvalue weighted by Gasteiger charge is -2.34. The van der Waals surface area contributed by atoms with Gasteiger partial charge in [-0.25, -0.2) is 8.78 Å². The standard InChI is InChI=1S/C22H29F2N3O3/c23-16-6-7-17(18(24)12-16)22(30)27-10-8-15(9-11-27)21(29)26-19(13-20(25)28)14-4-2-1-3-5-14/h6-7,12,14-15,19H,1-5,8-11,13H2,(H2,25,28)(H,26,29). The highest BCUT2D eigenvalue weighted by Gasteiger charge is 2.32. The van der Waals surface area contributed by atoms with Gasteiger partial charge in [-0.1, -0.05) is 19.3 Å². The van der Waals surface area contributed by atoms with Crippen molar-refractivity contribution in [3.8, 4) is 0 Å². The van der Waals surface area contributed by atoms with Crippen LogP contribution in [0.25, 0.3) is 0 Å². The number of nitrogens with one attached hydrogen (secondary N) is 1. The Bertz CT molecular complexity index is 788. The molecule has 0 bridgehead atoms. The van der Waals surface area contributed by atoms with Gasteiger partial charge in [0.05, 0.1) is 5.56 Å². The van der Waals surface area contributed by atoms with Crippen molar-refractivity contribution in [2.75, 3.05) is 13.1 Å². The first-order chi connectivity index (χ1) is 14.3. The molecule has 0 aromatic heterocycles. The second-order valence-electron chi connectivity index (χ2n) is 8.37. The average Bonchev–Trinajstić information content (AvgIpc) is 2.73. The molecule has 1 aliphatic carbocycles. The topological polar surface area (TPSA) is 92.5 Å². The van der Waals surface area contributed by atoms with Crippen molar-refractivity contribution in [2.45, 2.75) is 57.4 Å². The fourth-order valence-electron chi connectivity index (χ4n) is 4.57. The molecule has 0 radical (unpaired) electrons. The van der Waals surface area contributed by atoms with Crippen molar-refractivity contribution in [1.82, 2.24) is 10.2 Å². The molecule has 1 aromatic carbocycles. The summed E-state index contributed by atoms with van der Waals surface area (Å²) < 4.78 is 27.0. The van der Waals surface area contributed by atoms with Crippen molar-refractivity contribution in [3.05, 3.63) is 35.4 Å². The molecule has 2 aliphatic rings. The molecule has 3 rings (SSSR count). The molecule has 30 heavy (non-hydrogen) atoms. The maximum absolute atomic E-state index is 13.9. The highest BCUT2D eigenvalue weighted by atomic mass is 19.1. The lowest BCUT2D eigenvalue weighted by molar-refractivity contribution is -0.128. The van der Waals surface area contributed by atoms with Crippen LogP contribution in [0.5, 0.6) is 0 Å². The van der Waals surface area contributed by atoms with Crippen LogP contribution in [0, 0.1) is 23.5 Å². The molecule has 1 saturated heterocycles. The van der Waals surface area contributed by atoms with Crippen molar-refractivity contribution in [1.29, 1.82) is 0 Å². The Morgan fingerprint density at radius 3 is 2.33 bits per heavy atom. The van der Waals surface area contributed by atoms with Crippen molar-refractivity contribution < 1.29 is 23.2 Å². The van der Waals surface area contributed by atoms with Gasteiger partial charge >= 0.3 is 0 Å². The molecule has 3 amide bonds. The molecule has 1 unspecified atom stereocenters. The number of rotatable bonds is 6. The van der Waals surface area contributed by atoms with Gasteiger partial charge in [0.1, 0.15) is 11.6 Å². The monoisotopic (exact) mass is 421 g/mol. The van der Waals surface area contributed by atoms with Gasteiger partial charge in [-0.15, -0.1) is 0 Å². The second kappa shape index (κ2) is 10.00. The van der Waals surface area contributed by atoms with Gasteiger partial charge in [0.2, 0.25) is 11.8 Å². The molecule has 6 nitrogen and oxygen atoms in total. The zero-order valence-corrected chi connectivity index (χ0v) is 17.0. The van der Waals surface area contributed by atoms with Crippen LogP contribution in [0.3, 0.4) is 0 Å². The van der Waals surface area contributed by atoms with Gasteiger partial charge in [-0.05, 0) is 43.7 Å². The smallest absolute Gasteiger partial charge is 0.256 e. The van der Waals surface area contributed by atoms with E-state index in [0.717, 1.165) is 37.8 Å². The fourth-order valence-corrected chi connectivity index (χ4v) is 4.57. The molecule has 0 spiro atoms. The van der Waals surface area contributed by atoms with Crippen LogP contribution in [-0.4, -0.2) is 41.8 Å². The van der Waals surface area contributed by atoms with E-state index in [2.05, 4.69) is 5.32 Å². The third-order valence-electron chi connectivity index (χ3n) is 6.28. The number of amides is 3. The highest BCUT2D eigenvalue weighted by Crippen LogP contribution is 2.28. The fraction of sp³-hybridized carbons (Fsp3) is 0.591. The van der Waals surface area contributed by atoms with Crippen LogP contribution in [0.1, 0.15) is 61.7 Å². The Morgan fingerprint density at radius 2 is 1.73 bits per heavy atom. The predicted molar refractivity (Wildman–Crippen MR) is 107 cm³/mol. The zero-order valence-electron chi connectivity index (χ0n) is 17.0. The summed E-state index contributed by atoms with van der Waals surface area (Å²) in [5, 5.41) is 3.03. The maximum Gasteiger partial charge on any atom is 0.256 e. The molecule has 1 heterocycles. The van der Waals surface area contributed by atoms with E-state index in [1.54, 1.807) is 0 Å². The third kappa shape index (κ3) is 5.55. The van der Waals surface area contributed by atoms with Crippen molar-refractivity contribution in [2.24, 2.45) is 17.6 Å². The van der Waals surface area contributed by atoms with Crippen LogP contribution >= 0.6 is 0 Å². The van der Waals surface area contributed by atoms with E-state index in [1.165, 1.54) is 11.3 Å². The van der Waals surface area contributed by atoms with Gasteiger partial charge in [0, 0.05) is 37.5 Å². The van der Waals surface area contributed by atoms with E-state index in [9.17, 15) is 23.2 Å². The number of carbonyl (C=O) groups excluding carboxylic acids is 3. The van der Waals surface area contributed by atoms with E-state index < -0.39 is 23.4 Å². The minimum Gasteiger partial charge on any atom is -0.370 e. The molecule has 8 heteroatoms. The molecule has 1 atom stereocenters. The molecule has 2 fully saturated rings. The third-order valence-corrected chi connectivity index (χ3v) is 6.28. The highest BCUT2D eigenvalue weighted by molar-refractivity contribution is 5.94. The number of hydrogen-bond acceptors (Lipinski definition) is 3. The summed E-state index contributed by atoms with van der Waals surface area (Å²) in [6.45, 7) is 0.634. The van der Waals surface area contributed by atoms with E-state index in [1.807, 2.05) is 0 Å². The normalized spacial score (nSPS) is 19.3. The molecule has 1 saturated carbocycles. The second-order valence-corrected chi connectivity index (χ2v) is 8.37. The molecule has 3 N–H and O–H groups in total. The number of halogens is 2. The first-order valence-corrected chi connectivity index (χ1v) is 10.7. The lowest BCUT2D eigenvalue weighted by atomic mass is 9.82. The van der Waals surface area contributed by atoms with E-state index in [0.29, 0.717) is 32.0 Å². The van der Waals surface area contributed by atoms with E-state index in [-0.39, 0.29) is 35.8 Å². The quantitative estimate of drug-likeness (QED) is 0.740. The molecular weight excluding hydrogens is 392 g/mol. The summed E-state index contributed by atoms with van der Waals surface area (Å²) in [7, 11) is 0. The number of hydrogen-bond donors (Lipinski definition) is 2. The number of nitrogens with two attached hydrogens (primary N) is 1. The number of likely N-dealkylation sites (tertiary alicyclic amines) is 1. The molecule has 1 aromatic rings. The van der Waals surface area contributed by atoms with Gasteiger partial charge in [0.15, 0.2) is 0 Å². The minimum atomic E-state index is -0.887. The Labute approximate surface area is 175 Å². The average molecular weight is 421 g/mol. The van der Waals surface area contributed by atoms with Gasteiger partial charge in [0.25, 0.3) is 5.91 Å². The number of carbonyl (C=O) groups is 3. The Kier molecular flexibility index (Phi) is 7.39. The molecule has 164 valence electrons. The Balaban J connectivity index is 1.55. The summed E-state index contributed by atoms with van der Waals surface area (Å²) in [4.78, 5) is 38.3. The van der Waals surface area contributed by atoms with Gasteiger partial charge < -0.3 is 16.0 Å². The van der Waals surface area contributed by atoms with Crippen LogP contribution < -0.4 is 11.1 Å². The summed E-state index contributed by atoms with van der Waals surface area (Å²) in [5.41, 5.74) is 5.23. The largest absolute Gasteiger partial charge is 0.370 e. The first-order valence-electron chi connectivity index (χ1n) is 10.7. The van der Waals surface area contributed by atoms with Gasteiger partial charge in [-0.3, -0.25) is 14.4 Å². The minimum absolute atomic E-state index is 0.119. The first kappa shape index (κ1) is 22.2. The Hall–Kier alpha value is -2.51. The number of benzene rings is 1. The van der Waals surface area contributed by atoms with Crippen LogP contribution in [0.15, 0.2) is 18.2 Å². The molecular formula is C22H29F2N3O3. The number of piperidine rings is 1. The Morgan fingerprint density at radius 1 is 1.07 bits per heavy atom. The predicted octanol–water partition coefficient (Wildman–Crippen LogP) is 2.76. The van der Waals surface area contributed by atoms with Crippen LogP contribution in [0.4, 0.5) is 8.78 Å². The number of nitrogens with zero attached hydrogens (tertiary/aromatic N) is 1. The van der Waals surface area contributed by atoms with Gasteiger partial charge in [-0.2, -0.15) is 0 Å². The van der Waals surface area contributed by atoms with E-state index >= 15 is 0 Å². The van der Waals surface area contributed by atoms with Crippen LogP contribution in [-0.2, 0) is 9.59 Å². The van der Waals surface area contributed by atoms with Crippen LogP contribution in [0.2, 0.25) is 0 Å². The molecule has 1 aliphatic heterocycles. The SMILES string of the molecule is NC(=O)CC(NC(=O)C1CCN(C(=O)c2ccc(F)cc2F)CC1)C1CCCCC1.